The molecule has 0 fully saturated rings. The average Bonchev–Trinajstić information content (AvgIpc) is 3.16. The van der Waals surface area contributed by atoms with Gasteiger partial charge in [-0.25, -0.2) is 9.37 Å². The molecule has 4 aromatic rings. The Morgan fingerprint density at radius 1 is 1.13 bits per heavy atom. The number of carbonyl (C=O) groups excluding carboxylic acids is 1. The van der Waals surface area contributed by atoms with E-state index in [4.69, 9.17) is 0 Å². The van der Waals surface area contributed by atoms with Gasteiger partial charge in [-0.05, 0) is 47.5 Å². The lowest BCUT2D eigenvalue weighted by Gasteiger charge is -2.20. The highest BCUT2D eigenvalue weighted by atomic mass is 32.2. The van der Waals surface area contributed by atoms with Crippen LogP contribution < -0.4 is 4.90 Å². The van der Waals surface area contributed by atoms with E-state index in [2.05, 4.69) is 35.9 Å². The van der Waals surface area contributed by atoms with Crippen molar-refractivity contribution in [2.24, 2.45) is 0 Å². The molecule has 1 amide bonds. The highest BCUT2D eigenvalue weighted by Gasteiger charge is 2.21. The average molecular weight is 452 g/mol. The minimum Gasteiger partial charge on any atom is -0.283 e. The van der Waals surface area contributed by atoms with Crippen molar-refractivity contribution in [2.45, 2.75) is 37.0 Å². The summed E-state index contributed by atoms with van der Waals surface area (Å²) < 4.78 is 14.4. The van der Waals surface area contributed by atoms with Crippen LogP contribution in [0.3, 0.4) is 0 Å². The van der Waals surface area contributed by atoms with E-state index >= 15 is 0 Å². The van der Waals surface area contributed by atoms with E-state index in [9.17, 15) is 9.18 Å². The highest BCUT2D eigenvalue weighted by molar-refractivity contribution is 7.99. The fourth-order valence-corrected chi connectivity index (χ4v) is 5.01. The number of thiazole rings is 1. The van der Waals surface area contributed by atoms with E-state index in [0.29, 0.717) is 27.1 Å². The second kappa shape index (κ2) is 9.58. The Balaban J connectivity index is 1.60. The van der Waals surface area contributed by atoms with Crippen molar-refractivity contribution in [3.05, 3.63) is 83.9 Å². The summed E-state index contributed by atoms with van der Waals surface area (Å²) in [5, 5.41) is 1.06. The van der Waals surface area contributed by atoms with Crippen LogP contribution in [0.5, 0.6) is 0 Å². The Kier molecular flexibility index (Phi) is 6.63. The van der Waals surface area contributed by atoms with E-state index < -0.39 is 0 Å². The molecule has 4 rings (SSSR count). The number of amides is 1. The van der Waals surface area contributed by atoms with Crippen molar-refractivity contribution in [1.82, 2.24) is 9.97 Å². The van der Waals surface area contributed by atoms with Crippen molar-refractivity contribution in [2.75, 3.05) is 4.90 Å². The lowest BCUT2D eigenvalue weighted by molar-refractivity contribution is -0.118. The third-order valence-electron chi connectivity index (χ3n) is 4.59. The second-order valence-electron chi connectivity index (χ2n) is 7.44. The molecule has 2 aromatic carbocycles. The number of hydrogen-bond donors (Lipinski definition) is 0. The van der Waals surface area contributed by atoms with E-state index in [1.54, 1.807) is 35.1 Å². The van der Waals surface area contributed by atoms with E-state index in [0.717, 1.165) is 11.1 Å². The number of pyridine rings is 1. The first-order valence-corrected chi connectivity index (χ1v) is 11.7. The van der Waals surface area contributed by atoms with Crippen LogP contribution in [0.15, 0.2) is 71.9 Å². The standard InChI is InChI=1S/C24H22FN3OS2/c1-16(2)30-20-8-5-17(6-9-20)12-23(29)28(15-18-4-3-11-26-14-18)24-27-21-10-7-19(25)13-22(21)31-24/h3-11,13-14,16H,12,15H2,1-2H3. The van der Waals surface area contributed by atoms with Crippen LogP contribution in [0, 0.1) is 5.82 Å². The van der Waals surface area contributed by atoms with Crippen LogP contribution >= 0.6 is 23.1 Å². The van der Waals surface area contributed by atoms with Crippen molar-refractivity contribution in [3.63, 3.8) is 0 Å². The molecule has 2 aromatic heterocycles. The number of benzene rings is 2. The molecule has 0 spiro atoms. The summed E-state index contributed by atoms with van der Waals surface area (Å²) in [5.41, 5.74) is 2.53. The molecule has 0 aliphatic rings. The predicted molar refractivity (Wildman–Crippen MR) is 126 cm³/mol. The van der Waals surface area contributed by atoms with Gasteiger partial charge in [-0.2, -0.15) is 0 Å². The lowest BCUT2D eigenvalue weighted by Crippen LogP contribution is -2.31. The molecule has 0 N–H and O–H groups in total. The number of aromatic nitrogens is 2. The van der Waals surface area contributed by atoms with Gasteiger partial charge in [0, 0.05) is 22.5 Å². The Hall–Kier alpha value is -2.77. The zero-order valence-electron chi connectivity index (χ0n) is 17.3. The summed E-state index contributed by atoms with van der Waals surface area (Å²) in [6.07, 6.45) is 3.70. The molecule has 0 unspecified atom stereocenters. The number of fused-ring (bicyclic) bond motifs is 1. The van der Waals surface area contributed by atoms with E-state index in [-0.39, 0.29) is 18.1 Å². The number of anilines is 1. The molecular formula is C24H22FN3OS2. The zero-order valence-corrected chi connectivity index (χ0v) is 18.9. The fourth-order valence-electron chi connectivity index (χ4n) is 3.17. The van der Waals surface area contributed by atoms with Crippen LogP contribution in [0.4, 0.5) is 9.52 Å². The molecule has 31 heavy (non-hydrogen) atoms. The topological polar surface area (TPSA) is 46.1 Å². The maximum Gasteiger partial charge on any atom is 0.233 e. The third kappa shape index (κ3) is 5.48. The molecular weight excluding hydrogens is 429 g/mol. The number of nitrogens with zero attached hydrogens (tertiary/aromatic N) is 3. The lowest BCUT2D eigenvalue weighted by atomic mass is 10.1. The molecule has 0 aliphatic heterocycles. The fraction of sp³-hybridized carbons (Fsp3) is 0.208. The first-order valence-electron chi connectivity index (χ1n) is 9.99. The quantitative estimate of drug-likeness (QED) is 0.318. The molecule has 158 valence electrons. The van der Waals surface area contributed by atoms with Crippen LogP contribution in [-0.2, 0) is 17.8 Å². The summed E-state index contributed by atoms with van der Waals surface area (Å²) >= 11 is 3.11. The van der Waals surface area contributed by atoms with Gasteiger partial charge in [0.15, 0.2) is 5.13 Å². The van der Waals surface area contributed by atoms with Crippen molar-refractivity contribution >= 4 is 44.4 Å². The Morgan fingerprint density at radius 2 is 1.94 bits per heavy atom. The maximum absolute atomic E-state index is 13.6. The smallest absolute Gasteiger partial charge is 0.233 e. The third-order valence-corrected chi connectivity index (χ3v) is 6.64. The summed E-state index contributed by atoms with van der Waals surface area (Å²) in [5.74, 6) is -0.375. The summed E-state index contributed by atoms with van der Waals surface area (Å²) in [6, 6.07) is 16.4. The molecule has 4 nitrogen and oxygen atoms in total. The van der Waals surface area contributed by atoms with Gasteiger partial charge in [0.05, 0.1) is 23.2 Å². The highest BCUT2D eigenvalue weighted by Crippen LogP contribution is 2.31. The molecule has 0 radical (unpaired) electrons. The van der Waals surface area contributed by atoms with Gasteiger partial charge in [0.1, 0.15) is 5.82 Å². The van der Waals surface area contributed by atoms with Gasteiger partial charge in [-0.1, -0.05) is 43.4 Å². The van der Waals surface area contributed by atoms with Crippen LogP contribution in [0.2, 0.25) is 0 Å². The van der Waals surface area contributed by atoms with Gasteiger partial charge in [-0.3, -0.25) is 14.7 Å². The second-order valence-corrected chi connectivity index (χ2v) is 10.1. The van der Waals surface area contributed by atoms with Crippen LogP contribution in [0.25, 0.3) is 10.2 Å². The summed E-state index contributed by atoms with van der Waals surface area (Å²) in [6.45, 7) is 4.67. The molecule has 0 saturated heterocycles. The molecule has 2 heterocycles. The van der Waals surface area contributed by atoms with Crippen molar-refractivity contribution in [1.29, 1.82) is 0 Å². The number of carbonyl (C=O) groups is 1. The number of hydrogen-bond acceptors (Lipinski definition) is 5. The van der Waals surface area contributed by atoms with Gasteiger partial charge in [-0.15, -0.1) is 11.8 Å². The first kappa shape index (κ1) is 21.5. The SMILES string of the molecule is CC(C)Sc1ccc(CC(=O)N(Cc2cccnc2)c2nc3ccc(F)cc3s2)cc1. The predicted octanol–water partition coefficient (Wildman–Crippen LogP) is 6.11. The number of thioether (sulfide) groups is 1. The minimum atomic E-state index is -0.313. The van der Waals surface area contributed by atoms with Gasteiger partial charge in [0.25, 0.3) is 0 Å². The summed E-state index contributed by atoms with van der Waals surface area (Å²) in [4.78, 5) is 24.9. The molecule has 0 aliphatic carbocycles. The summed E-state index contributed by atoms with van der Waals surface area (Å²) in [7, 11) is 0. The van der Waals surface area contributed by atoms with Gasteiger partial charge < -0.3 is 0 Å². The Bertz CT molecular complexity index is 1180. The van der Waals surface area contributed by atoms with Crippen LogP contribution in [-0.4, -0.2) is 21.1 Å². The van der Waals surface area contributed by atoms with Crippen LogP contribution in [0.1, 0.15) is 25.0 Å². The van der Waals surface area contributed by atoms with Crippen molar-refractivity contribution in [3.8, 4) is 0 Å². The minimum absolute atomic E-state index is 0.0624. The first-order chi connectivity index (χ1) is 15.0. The number of rotatable bonds is 7. The molecule has 7 heteroatoms. The Morgan fingerprint density at radius 3 is 2.65 bits per heavy atom. The van der Waals surface area contributed by atoms with Crippen molar-refractivity contribution < 1.29 is 9.18 Å². The normalized spacial score (nSPS) is 11.2. The van der Waals surface area contributed by atoms with E-state index in [1.165, 1.54) is 28.4 Å². The monoisotopic (exact) mass is 451 g/mol. The molecule has 0 saturated carbocycles. The largest absolute Gasteiger partial charge is 0.283 e. The van der Waals surface area contributed by atoms with Gasteiger partial charge in [0.2, 0.25) is 5.91 Å². The Labute approximate surface area is 189 Å². The van der Waals surface area contributed by atoms with E-state index in [1.807, 2.05) is 24.3 Å². The molecule has 0 atom stereocenters. The number of halogens is 1. The maximum atomic E-state index is 13.6. The zero-order chi connectivity index (χ0) is 21.8. The van der Waals surface area contributed by atoms with Gasteiger partial charge >= 0.3 is 0 Å². The molecule has 0 bridgehead atoms.